The van der Waals surface area contributed by atoms with Crippen LogP contribution in [0.5, 0.6) is 0 Å². The zero-order valence-electron chi connectivity index (χ0n) is 18.2. The van der Waals surface area contributed by atoms with Crippen molar-refractivity contribution in [2.45, 2.75) is 52.6 Å². The van der Waals surface area contributed by atoms with Crippen LogP contribution in [0.15, 0.2) is 54.6 Å². The molecule has 0 saturated heterocycles. The summed E-state index contributed by atoms with van der Waals surface area (Å²) >= 11 is 0. The van der Waals surface area contributed by atoms with Gasteiger partial charge in [-0.3, -0.25) is 4.79 Å². The van der Waals surface area contributed by atoms with Gasteiger partial charge in [-0.25, -0.2) is 4.79 Å². The van der Waals surface area contributed by atoms with Crippen molar-refractivity contribution in [3.05, 3.63) is 60.2 Å². The summed E-state index contributed by atoms with van der Waals surface area (Å²) in [4.78, 5) is 24.4. The molecule has 1 fully saturated rings. The summed E-state index contributed by atoms with van der Waals surface area (Å²) < 4.78 is 10.9. The van der Waals surface area contributed by atoms with E-state index in [4.69, 9.17) is 9.47 Å². The molecule has 2 aromatic rings. The standard InChI is InChI=1S/C26H32O4/c1-18(2)23-14-9-19(3)15-24(23)30-26(28)17-29-25(27)16-20-10-12-22(13-11-20)21-7-5-4-6-8-21/h4-8,10-13,18-19,23-24H,9,14-17H2,1-3H3/t19-,23-,24+/m0/s1. The van der Waals surface area contributed by atoms with Crippen LogP contribution in [-0.2, 0) is 25.5 Å². The van der Waals surface area contributed by atoms with Crippen molar-refractivity contribution < 1.29 is 19.1 Å². The van der Waals surface area contributed by atoms with Gasteiger partial charge >= 0.3 is 11.9 Å². The molecule has 3 atom stereocenters. The predicted octanol–water partition coefficient (Wildman–Crippen LogP) is 5.44. The maximum atomic E-state index is 12.2. The van der Waals surface area contributed by atoms with Crippen LogP contribution in [0.4, 0.5) is 0 Å². The van der Waals surface area contributed by atoms with E-state index in [1.54, 1.807) is 0 Å². The van der Waals surface area contributed by atoms with Gasteiger partial charge in [0.1, 0.15) is 6.10 Å². The molecule has 2 aromatic carbocycles. The molecule has 1 aliphatic carbocycles. The molecular formula is C26H32O4. The molecule has 30 heavy (non-hydrogen) atoms. The van der Waals surface area contributed by atoms with Crippen molar-refractivity contribution in [2.24, 2.45) is 17.8 Å². The van der Waals surface area contributed by atoms with E-state index >= 15 is 0 Å². The molecule has 1 aliphatic rings. The van der Waals surface area contributed by atoms with Gasteiger partial charge in [-0.1, -0.05) is 81.8 Å². The van der Waals surface area contributed by atoms with Crippen molar-refractivity contribution in [2.75, 3.05) is 6.61 Å². The highest BCUT2D eigenvalue weighted by Crippen LogP contribution is 2.35. The summed E-state index contributed by atoms with van der Waals surface area (Å²) in [6.07, 6.45) is 3.20. The molecule has 0 heterocycles. The molecule has 0 bridgehead atoms. The van der Waals surface area contributed by atoms with Gasteiger partial charge in [-0.15, -0.1) is 0 Å². The predicted molar refractivity (Wildman–Crippen MR) is 118 cm³/mol. The number of esters is 2. The van der Waals surface area contributed by atoms with E-state index in [1.165, 1.54) is 6.42 Å². The number of hydrogen-bond donors (Lipinski definition) is 0. The fraction of sp³-hybridized carbons (Fsp3) is 0.462. The molecule has 0 N–H and O–H groups in total. The third kappa shape index (κ3) is 6.19. The Morgan fingerprint density at radius 1 is 0.933 bits per heavy atom. The third-order valence-electron chi connectivity index (χ3n) is 6.00. The molecule has 4 nitrogen and oxygen atoms in total. The van der Waals surface area contributed by atoms with Crippen LogP contribution in [0.1, 0.15) is 45.6 Å². The first kappa shape index (κ1) is 22.1. The van der Waals surface area contributed by atoms with Gasteiger partial charge in [0.2, 0.25) is 0 Å². The van der Waals surface area contributed by atoms with E-state index in [0.717, 1.165) is 29.5 Å². The van der Waals surface area contributed by atoms with E-state index in [0.29, 0.717) is 17.8 Å². The minimum Gasteiger partial charge on any atom is -0.460 e. The lowest BCUT2D eigenvalue weighted by atomic mass is 9.75. The Hall–Kier alpha value is -2.62. The number of carbonyl (C=O) groups excluding carboxylic acids is 2. The Balaban J connectivity index is 1.46. The highest BCUT2D eigenvalue weighted by Gasteiger charge is 2.33. The van der Waals surface area contributed by atoms with Gasteiger partial charge in [-0.05, 0) is 47.3 Å². The Morgan fingerprint density at radius 3 is 2.27 bits per heavy atom. The molecule has 0 spiro atoms. The molecule has 0 aliphatic heterocycles. The van der Waals surface area contributed by atoms with E-state index < -0.39 is 11.9 Å². The quantitative estimate of drug-likeness (QED) is 0.572. The van der Waals surface area contributed by atoms with E-state index in [2.05, 4.69) is 20.8 Å². The molecule has 0 aromatic heterocycles. The van der Waals surface area contributed by atoms with Crippen LogP contribution in [0, 0.1) is 17.8 Å². The smallest absolute Gasteiger partial charge is 0.344 e. The summed E-state index contributed by atoms with van der Waals surface area (Å²) in [7, 11) is 0. The van der Waals surface area contributed by atoms with Crippen molar-refractivity contribution in [1.29, 1.82) is 0 Å². The maximum Gasteiger partial charge on any atom is 0.344 e. The molecular weight excluding hydrogens is 376 g/mol. The number of rotatable bonds is 7. The van der Waals surface area contributed by atoms with Gasteiger partial charge in [-0.2, -0.15) is 0 Å². The fourth-order valence-electron chi connectivity index (χ4n) is 4.26. The average molecular weight is 409 g/mol. The third-order valence-corrected chi connectivity index (χ3v) is 6.00. The molecule has 1 saturated carbocycles. The van der Waals surface area contributed by atoms with Gasteiger partial charge in [0.25, 0.3) is 0 Å². The molecule has 0 amide bonds. The Kier molecular flexibility index (Phi) is 7.67. The van der Waals surface area contributed by atoms with Crippen LogP contribution in [0.2, 0.25) is 0 Å². The van der Waals surface area contributed by atoms with Crippen LogP contribution >= 0.6 is 0 Å². The first-order chi connectivity index (χ1) is 14.4. The second-order valence-electron chi connectivity index (χ2n) is 8.75. The minimum absolute atomic E-state index is 0.0783. The monoisotopic (exact) mass is 408 g/mol. The van der Waals surface area contributed by atoms with Gasteiger partial charge < -0.3 is 9.47 Å². The molecule has 0 unspecified atom stereocenters. The lowest BCUT2D eigenvalue weighted by molar-refractivity contribution is -0.166. The zero-order chi connectivity index (χ0) is 21.5. The highest BCUT2D eigenvalue weighted by atomic mass is 16.6. The normalized spacial score (nSPS) is 21.3. The SMILES string of the molecule is CC(C)[C@@H]1CC[C@H](C)C[C@H]1OC(=O)COC(=O)Cc1ccc(-c2ccccc2)cc1. The lowest BCUT2D eigenvalue weighted by Gasteiger charge is -2.36. The maximum absolute atomic E-state index is 12.2. The minimum atomic E-state index is -0.451. The average Bonchev–Trinajstić information content (AvgIpc) is 2.73. The van der Waals surface area contributed by atoms with E-state index in [-0.39, 0.29) is 19.1 Å². The summed E-state index contributed by atoms with van der Waals surface area (Å²) in [6, 6.07) is 17.9. The fourth-order valence-corrected chi connectivity index (χ4v) is 4.26. The Labute approximate surface area is 179 Å². The molecule has 160 valence electrons. The van der Waals surface area contributed by atoms with Crippen molar-refractivity contribution in [1.82, 2.24) is 0 Å². The number of ether oxygens (including phenoxy) is 2. The first-order valence-corrected chi connectivity index (χ1v) is 10.9. The molecule has 4 heteroatoms. The summed E-state index contributed by atoms with van der Waals surface area (Å²) in [5, 5.41) is 0. The first-order valence-electron chi connectivity index (χ1n) is 10.9. The Bertz CT molecular complexity index is 826. The zero-order valence-corrected chi connectivity index (χ0v) is 18.2. The van der Waals surface area contributed by atoms with Crippen LogP contribution < -0.4 is 0 Å². The van der Waals surface area contributed by atoms with E-state index in [1.807, 2.05) is 54.6 Å². The van der Waals surface area contributed by atoms with Crippen molar-refractivity contribution >= 4 is 11.9 Å². The van der Waals surface area contributed by atoms with Crippen molar-refractivity contribution in [3.63, 3.8) is 0 Å². The van der Waals surface area contributed by atoms with Crippen molar-refractivity contribution in [3.8, 4) is 11.1 Å². The number of hydrogen-bond acceptors (Lipinski definition) is 4. The van der Waals surface area contributed by atoms with Crippen LogP contribution in [0.3, 0.4) is 0 Å². The summed E-state index contributed by atoms with van der Waals surface area (Å²) in [6.45, 7) is 6.21. The summed E-state index contributed by atoms with van der Waals surface area (Å²) in [5.41, 5.74) is 3.08. The van der Waals surface area contributed by atoms with Crippen LogP contribution in [0.25, 0.3) is 11.1 Å². The van der Waals surface area contributed by atoms with Gasteiger partial charge in [0.05, 0.1) is 6.42 Å². The topological polar surface area (TPSA) is 52.6 Å². The van der Waals surface area contributed by atoms with E-state index in [9.17, 15) is 9.59 Å². The van der Waals surface area contributed by atoms with Gasteiger partial charge in [0, 0.05) is 0 Å². The molecule has 0 radical (unpaired) electrons. The largest absolute Gasteiger partial charge is 0.460 e. The van der Waals surface area contributed by atoms with Crippen LogP contribution in [-0.4, -0.2) is 24.6 Å². The number of benzene rings is 2. The number of carbonyl (C=O) groups is 2. The van der Waals surface area contributed by atoms with Gasteiger partial charge in [0.15, 0.2) is 6.61 Å². The second kappa shape index (κ2) is 10.4. The Morgan fingerprint density at radius 2 is 1.60 bits per heavy atom. The highest BCUT2D eigenvalue weighted by molar-refractivity contribution is 5.78. The lowest BCUT2D eigenvalue weighted by Crippen LogP contribution is -2.36. The molecule has 3 rings (SSSR count). The second-order valence-corrected chi connectivity index (χ2v) is 8.75. The summed E-state index contributed by atoms with van der Waals surface area (Å²) in [5.74, 6) is 0.532.